The highest BCUT2D eigenvalue weighted by atomic mass is 19.1. The van der Waals surface area contributed by atoms with Gasteiger partial charge in [0, 0.05) is 14.0 Å². The van der Waals surface area contributed by atoms with Crippen LogP contribution in [-0.4, -0.2) is 26.7 Å². The van der Waals surface area contributed by atoms with Gasteiger partial charge in [0.25, 0.3) is 0 Å². The Labute approximate surface area is 92.8 Å². The molecule has 0 saturated carbocycles. The van der Waals surface area contributed by atoms with E-state index in [0.717, 1.165) is 0 Å². The summed E-state index contributed by atoms with van der Waals surface area (Å²) in [4.78, 5) is 3.90. The largest absolute Gasteiger partial charge is 0.465 e. The van der Waals surface area contributed by atoms with E-state index < -0.39 is 5.82 Å². The van der Waals surface area contributed by atoms with Crippen molar-refractivity contribution >= 4 is 24.4 Å². The first-order chi connectivity index (χ1) is 7.63. The first-order valence-electron chi connectivity index (χ1n) is 4.60. The fourth-order valence-corrected chi connectivity index (χ4v) is 1.40. The van der Waals surface area contributed by atoms with E-state index in [4.69, 9.17) is 17.0 Å². The molecule has 0 saturated heterocycles. The smallest absolute Gasteiger partial charge is 0.194 e. The van der Waals surface area contributed by atoms with Crippen LogP contribution in [0.15, 0.2) is 10.5 Å². The molecule has 0 unspecified atom stereocenters. The van der Waals surface area contributed by atoms with Crippen LogP contribution in [0.1, 0.15) is 5.89 Å². The average molecular weight is 221 g/mol. The molecule has 16 heavy (non-hydrogen) atoms. The maximum Gasteiger partial charge on any atom is 0.194 e. The first-order valence-corrected chi connectivity index (χ1v) is 4.60. The van der Waals surface area contributed by atoms with Gasteiger partial charge in [-0.25, -0.2) is 9.37 Å². The minimum atomic E-state index is -0.635. The molecule has 0 aliphatic carbocycles. The van der Waals surface area contributed by atoms with E-state index >= 15 is 0 Å². The van der Waals surface area contributed by atoms with Crippen LogP contribution in [0.3, 0.4) is 0 Å². The van der Waals surface area contributed by atoms with Crippen LogP contribution in [0.25, 0.3) is 11.1 Å². The van der Waals surface area contributed by atoms with Crippen LogP contribution in [0.2, 0.25) is 0 Å². The summed E-state index contributed by atoms with van der Waals surface area (Å²) in [6.07, 6.45) is 0. The molecule has 6 heteroatoms. The summed E-state index contributed by atoms with van der Waals surface area (Å²) >= 11 is 0. The Morgan fingerprint density at radius 2 is 2.31 bits per heavy atom. The van der Waals surface area contributed by atoms with Gasteiger partial charge in [-0.2, -0.15) is 0 Å². The fraction of sp³-hybridized carbons (Fsp3) is 0.300. The molecule has 2 rings (SSSR count). The highest BCUT2D eigenvalue weighted by molar-refractivity contribution is 6.35. The summed E-state index contributed by atoms with van der Waals surface area (Å²) in [6.45, 7) is 1.55. The quantitative estimate of drug-likeness (QED) is 0.574. The Morgan fingerprint density at radius 1 is 1.56 bits per heavy atom. The van der Waals surface area contributed by atoms with Crippen molar-refractivity contribution in [3.8, 4) is 5.75 Å². The molecule has 4 nitrogen and oxygen atoms in total. The van der Waals surface area contributed by atoms with Crippen molar-refractivity contribution in [2.75, 3.05) is 13.9 Å². The molecule has 1 aromatic heterocycles. The zero-order chi connectivity index (χ0) is 11.7. The summed E-state index contributed by atoms with van der Waals surface area (Å²) in [5, 5.41) is 0. The van der Waals surface area contributed by atoms with Gasteiger partial charge < -0.3 is 13.9 Å². The van der Waals surface area contributed by atoms with Crippen molar-refractivity contribution in [1.82, 2.24) is 4.98 Å². The van der Waals surface area contributed by atoms with Gasteiger partial charge in [0.05, 0.1) is 0 Å². The van der Waals surface area contributed by atoms with Crippen molar-refractivity contribution in [1.29, 1.82) is 0 Å². The predicted molar refractivity (Wildman–Crippen MR) is 56.6 cm³/mol. The summed E-state index contributed by atoms with van der Waals surface area (Å²) < 4.78 is 28.8. The highest BCUT2D eigenvalue weighted by Crippen LogP contribution is 2.24. The third-order valence-corrected chi connectivity index (χ3v) is 2.04. The van der Waals surface area contributed by atoms with Gasteiger partial charge in [0.15, 0.2) is 29.8 Å². The van der Waals surface area contributed by atoms with Crippen molar-refractivity contribution in [2.45, 2.75) is 6.92 Å². The third kappa shape index (κ3) is 1.76. The van der Waals surface area contributed by atoms with Gasteiger partial charge in [-0.05, 0) is 11.5 Å². The highest BCUT2D eigenvalue weighted by Gasteiger charge is 2.16. The van der Waals surface area contributed by atoms with Crippen LogP contribution in [0.5, 0.6) is 5.75 Å². The molecule has 0 bridgehead atoms. The summed E-state index contributed by atoms with van der Waals surface area (Å²) in [5.74, 6) is -0.330. The number of benzene rings is 1. The van der Waals surface area contributed by atoms with E-state index in [2.05, 4.69) is 9.72 Å². The minimum absolute atomic E-state index is 0.0670. The molecular formula is C10H9BFNO3. The third-order valence-electron chi connectivity index (χ3n) is 2.04. The van der Waals surface area contributed by atoms with Crippen LogP contribution in [0, 0.1) is 12.7 Å². The number of nitrogens with zero attached hydrogens (tertiary/aromatic N) is 1. The summed E-state index contributed by atoms with van der Waals surface area (Å²) in [7, 11) is 7.07. The minimum Gasteiger partial charge on any atom is -0.465 e. The standard InChI is InChI=1S/C10H9BFNO3/c1-5-13-9-7(16-5)3-6(11)10(8(9)12)15-4-14-2/h3H,4H2,1-2H3. The Morgan fingerprint density at radius 3 is 3.00 bits per heavy atom. The molecule has 2 radical (unpaired) electrons. The van der Waals surface area contributed by atoms with Crippen LogP contribution in [0.4, 0.5) is 4.39 Å². The Balaban J connectivity index is 2.56. The molecule has 1 aromatic carbocycles. The number of aryl methyl sites for hydroxylation is 1. The second-order valence-electron chi connectivity index (χ2n) is 3.24. The number of methoxy groups -OCH3 is 1. The van der Waals surface area contributed by atoms with E-state index in [-0.39, 0.29) is 23.5 Å². The molecule has 2 aromatic rings. The van der Waals surface area contributed by atoms with Crippen LogP contribution >= 0.6 is 0 Å². The molecule has 0 N–H and O–H groups in total. The van der Waals surface area contributed by atoms with Crippen LogP contribution < -0.4 is 10.2 Å². The number of hydrogen-bond acceptors (Lipinski definition) is 4. The second kappa shape index (κ2) is 4.13. The van der Waals surface area contributed by atoms with Crippen molar-refractivity contribution < 1.29 is 18.3 Å². The second-order valence-corrected chi connectivity index (χ2v) is 3.24. The number of rotatable bonds is 3. The number of aromatic nitrogens is 1. The first kappa shape index (κ1) is 10.9. The molecule has 1 heterocycles. The lowest BCUT2D eigenvalue weighted by molar-refractivity contribution is 0.0493. The number of hydrogen-bond donors (Lipinski definition) is 0. The number of fused-ring (bicyclic) bond motifs is 1. The Kier molecular flexibility index (Phi) is 2.83. The maximum atomic E-state index is 13.9. The summed E-state index contributed by atoms with van der Waals surface area (Å²) in [5.41, 5.74) is 0.563. The lowest BCUT2D eigenvalue weighted by Gasteiger charge is -2.08. The van der Waals surface area contributed by atoms with E-state index in [9.17, 15) is 4.39 Å². The van der Waals surface area contributed by atoms with Crippen molar-refractivity contribution in [2.24, 2.45) is 0 Å². The Bertz CT molecular complexity index is 526. The normalized spacial score (nSPS) is 10.9. The Hall–Kier alpha value is -1.56. The molecule has 82 valence electrons. The number of ether oxygens (including phenoxy) is 2. The average Bonchev–Trinajstić information content (AvgIpc) is 2.59. The van der Waals surface area contributed by atoms with Gasteiger partial charge >= 0.3 is 0 Å². The summed E-state index contributed by atoms with van der Waals surface area (Å²) in [6, 6.07) is 1.48. The SMILES string of the molecule is [B]c1cc2oc(C)nc2c(F)c1OCOC. The van der Waals surface area contributed by atoms with Gasteiger partial charge in [0.1, 0.15) is 13.4 Å². The van der Waals surface area contributed by atoms with Crippen LogP contribution in [-0.2, 0) is 4.74 Å². The predicted octanol–water partition coefficient (Wildman–Crippen LogP) is 1.05. The van der Waals surface area contributed by atoms with E-state index in [1.807, 2.05) is 0 Å². The molecule has 0 aliphatic heterocycles. The maximum absolute atomic E-state index is 13.9. The molecular weight excluding hydrogens is 212 g/mol. The monoisotopic (exact) mass is 221 g/mol. The zero-order valence-electron chi connectivity index (χ0n) is 8.91. The van der Waals surface area contributed by atoms with E-state index in [0.29, 0.717) is 11.5 Å². The molecule has 0 atom stereocenters. The van der Waals surface area contributed by atoms with Gasteiger partial charge in [-0.1, -0.05) is 0 Å². The van der Waals surface area contributed by atoms with Crippen molar-refractivity contribution in [3.63, 3.8) is 0 Å². The fourth-order valence-electron chi connectivity index (χ4n) is 1.40. The number of halogens is 1. The van der Waals surface area contributed by atoms with E-state index in [1.165, 1.54) is 13.2 Å². The lowest BCUT2D eigenvalue weighted by Crippen LogP contribution is -2.13. The topological polar surface area (TPSA) is 44.5 Å². The zero-order valence-corrected chi connectivity index (χ0v) is 8.91. The number of oxazole rings is 1. The van der Waals surface area contributed by atoms with Gasteiger partial charge in [-0.3, -0.25) is 0 Å². The molecule has 0 amide bonds. The van der Waals surface area contributed by atoms with E-state index in [1.54, 1.807) is 6.92 Å². The van der Waals surface area contributed by atoms with Gasteiger partial charge in [0.2, 0.25) is 0 Å². The van der Waals surface area contributed by atoms with Gasteiger partial charge in [-0.15, -0.1) is 0 Å². The molecule has 0 spiro atoms. The lowest BCUT2D eigenvalue weighted by atomic mass is 9.94. The molecule has 0 aliphatic rings. The van der Waals surface area contributed by atoms with Crippen molar-refractivity contribution in [3.05, 3.63) is 17.8 Å². The molecule has 0 fully saturated rings.